The molecule has 0 unspecified atom stereocenters. The summed E-state index contributed by atoms with van der Waals surface area (Å²) in [7, 11) is 15.2. The number of aryl methyl sites for hydroxylation is 3. The first-order valence-electron chi connectivity index (χ1n) is 15.0. The molecule has 0 atom stereocenters. The lowest BCUT2D eigenvalue weighted by atomic mass is 10.1. The second-order valence-electron chi connectivity index (χ2n) is 13.2. The van der Waals surface area contributed by atoms with Crippen molar-refractivity contribution in [1.82, 2.24) is 37.4 Å². The SMILES string of the molecule is Cn1c(=O)c2c(ncn2CCC[N+](C)(C)CCCCCC[N+](C)(C)CCn2cnc3c2c(=O)n(C)c(=O)n3C)n(C)c1=O.[Br-].[Br-]. The van der Waals surface area contributed by atoms with E-state index in [0.29, 0.717) is 35.4 Å². The van der Waals surface area contributed by atoms with E-state index in [0.717, 1.165) is 63.5 Å². The second kappa shape index (κ2) is 15.2. The summed E-state index contributed by atoms with van der Waals surface area (Å²) in [5.74, 6) is 0. The van der Waals surface area contributed by atoms with E-state index in [4.69, 9.17) is 0 Å². The van der Waals surface area contributed by atoms with Crippen molar-refractivity contribution >= 4 is 22.3 Å². The standard InChI is InChI=1S/C29H48N10O4.2BrH/c1-32-24-22(26(40)34(3)28(32)42)36(20-30-24)14-13-18-38(5,6)16-11-9-10-12-17-39(7,8)19-15-37-21-31-25-23(37)27(41)35(4)29(43)33(25)2;;/h20-21H,9-19H2,1-8H3;2*1H/q+2;;/p-2. The average molecular weight is 761 g/mol. The summed E-state index contributed by atoms with van der Waals surface area (Å²) >= 11 is 0. The summed E-state index contributed by atoms with van der Waals surface area (Å²) in [5, 5.41) is 0. The molecule has 0 aliphatic carbocycles. The number of quaternary nitrogens is 2. The van der Waals surface area contributed by atoms with Crippen LogP contribution in [0.5, 0.6) is 0 Å². The summed E-state index contributed by atoms with van der Waals surface area (Å²) in [5.41, 5.74) is 0.455. The van der Waals surface area contributed by atoms with Gasteiger partial charge in [0, 0.05) is 41.2 Å². The van der Waals surface area contributed by atoms with Crippen LogP contribution in [0.4, 0.5) is 0 Å². The Morgan fingerprint density at radius 2 is 0.911 bits per heavy atom. The predicted molar refractivity (Wildman–Crippen MR) is 167 cm³/mol. The van der Waals surface area contributed by atoms with Crippen LogP contribution in [-0.4, -0.2) is 101 Å². The molecule has 0 aliphatic rings. The Hall–Kier alpha value is -2.82. The molecular weight excluding hydrogens is 712 g/mol. The molecule has 4 heterocycles. The van der Waals surface area contributed by atoms with Gasteiger partial charge in [0.1, 0.15) is 0 Å². The highest BCUT2D eigenvalue weighted by atomic mass is 79.9. The minimum Gasteiger partial charge on any atom is -1.00 e. The van der Waals surface area contributed by atoms with Gasteiger partial charge < -0.3 is 52.1 Å². The molecule has 0 radical (unpaired) electrons. The van der Waals surface area contributed by atoms with Crippen LogP contribution < -0.4 is 56.5 Å². The maximum Gasteiger partial charge on any atom is 0.332 e. The van der Waals surface area contributed by atoms with E-state index in [1.807, 2.05) is 9.13 Å². The van der Waals surface area contributed by atoms with Gasteiger partial charge in [0.15, 0.2) is 22.3 Å². The lowest BCUT2D eigenvalue weighted by molar-refractivity contribution is -0.891. The zero-order valence-electron chi connectivity index (χ0n) is 27.8. The maximum atomic E-state index is 12.7. The number of likely N-dealkylation sites (N-methyl/N-ethyl adjacent to an activating group) is 1. The fraction of sp³-hybridized carbons (Fsp3) is 0.655. The number of hydrogen-bond acceptors (Lipinski definition) is 6. The Morgan fingerprint density at radius 1 is 0.533 bits per heavy atom. The molecule has 0 saturated carbocycles. The molecule has 252 valence electrons. The van der Waals surface area contributed by atoms with Crippen LogP contribution >= 0.6 is 0 Å². The van der Waals surface area contributed by atoms with Crippen LogP contribution in [0.25, 0.3) is 22.3 Å². The third-order valence-corrected chi connectivity index (χ3v) is 8.82. The van der Waals surface area contributed by atoms with Crippen LogP contribution in [0.15, 0.2) is 31.8 Å². The molecule has 4 aromatic heterocycles. The van der Waals surface area contributed by atoms with E-state index in [9.17, 15) is 19.2 Å². The summed E-state index contributed by atoms with van der Waals surface area (Å²) in [6.07, 6.45) is 8.86. The molecule has 0 aliphatic heterocycles. The van der Waals surface area contributed by atoms with Crippen LogP contribution in [0, 0.1) is 0 Å². The monoisotopic (exact) mass is 758 g/mol. The average Bonchev–Trinajstić information content (AvgIpc) is 3.58. The molecule has 14 nitrogen and oxygen atoms in total. The van der Waals surface area contributed by atoms with Crippen molar-refractivity contribution < 1.29 is 42.9 Å². The molecule has 0 spiro atoms. The fourth-order valence-corrected chi connectivity index (χ4v) is 5.84. The van der Waals surface area contributed by atoms with Gasteiger partial charge in [0.25, 0.3) is 11.1 Å². The van der Waals surface area contributed by atoms with Crippen LogP contribution in [-0.2, 0) is 41.3 Å². The molecule has 45 heavy (non-hydrogen) atoms. The van der Waals surface area contributed by atoms with Crippen molar-refractivity contribution in [3.8, 4) is 0 Å². The first kappa shape index (κ1) is 38.4. The Bertz CT molecular complexity index is 1860. The molecule has 16 heteroatoms. The minimum atomic E-state index is -0.368. The second-order valence-corrected chi connectivity index (χ2v) is 13.2. The van der Waals surface area contributed by atoms with E-state index < -0.39 is 0 Å². The largest absolute Gasteiger partial charge is 1.00 e. The highest BCUT2D eigenvalue weighted by molar-refractivity contribution is 5.70. The van der Waals surface area contributed by atoms with Gasteiger partial charge in [-0.1, -0.05) is 0 Å². The van der Waals surface area contributed by atoms with Gasteiger partial charge in [-0.15, -0.1) is 0 Å². The first-order valence-corrected chi connectivity index (χ1v) is 15.0. The Morgan fingerprint density at radius 3 is 1.36 bits per heavy atom. The molecule has 0 amide bonds. The van der Waals surface area contributed by atoms with Crippen molar-refractivity contribution in [2.24, 2.45) is 28.2 Å². The smallest absolute Gasteiger partial charge is 0.332 e. The fourth-order valence-electron chi connectivity index (χ4n) is 5.84. The van der Waals surface area contributed by atoms with Crippen molar-refractivity contribution in [3.05, 3.63) is 54.3 Å². The van der Waals surface area contributed by atoms with E-state index in [1.165, 1.54) is 36.1 Å². The molecule has 0 saturated heterocycles. The van der Waals surface area contributed by atoms with E-state index in [1.54, 1.807) is 26.7 Å². The minimum absolute atomic E-state index is 0. The van der Waals surface area contributed by atoms with Gasteiger partial charge in [-0.2, -0.15) is 0 Å². The van der Waals surface area contributed by atoms with E-state index in [-0.39, 0.29) is 56.5 Å². The van der Waals surface area contributed by atoms with Crippen molar-refractivity contribution in [2.75, 3.05) is 54.4 Å². The molecule has 0 N–H and O–H groups in total. The Kier molecular flexibility index (Phi) is 12.9. The molecule has 0 aromatic carbocycles. The molecule has 4 aromatic rings. The topological polar surface area (TPSA) is 124 Å². The first-order chi connectivity index (χ1) is 20.1. The number of hydrogen-bond donors (Lipinski definition) is 0. The number of unbranched alkanes of at least 4 members (excludes halogenated alkanes) is 3. The Balaban J connectivity index is 0.00000353. The highest BCUT2D eigenvalue weighted by Crippen LogP contribution is 2.12. The number of halogens is 2. The van der Waals surface area contributed by atoms with Crippen molar-refractivity contribution in [3.63, 3.8) is 0 Å². The van der Waals surface area contributed by atoms with Gasteiger partial charge in [-0.05, 0) is 25.7 Å². The lowest BCUT2D eigenvalue weighted by Gasteiger charge is -2.31. The number of rotatable bonds is 14. The normalized spacial score (nSPS) is 12.1. The van der Waals surface area contributed by atoms with Crippen molar-refractivity contribution in [2.45, 2.75) is 45.2 Å². The molecule has 0 bridgehead atoms. The third-order valence-electron chi connectivity index (χ3n) is 8.82. The lowest BCUT2D eigenvalue weighted by Crippen LogP contribution is -3.00. The summed E-state index contributed by atoms with van der Waals surface area (Å²) in [6, 6.07) is 0. The van der Waals surface area contributed by atoms with E-state index in [2.05, 4.69) is 38.2 Å². The Labute approximate surface area is 283 Å². The van der Waals surface area contributed by atoms with Gasteiger partial charge in [-0.3, -0.25) is 27.9 Å². The number of fused-ring (bicyclic) bond motifs is 2. The molecule has 0 fully saturated rings. The van der Waals surface area contributed by atoms with Crippen LogP contribution in [0.2, 0.25) is 0 Å². The zero-order chi connectivity index (χ0) is 31.7. The molecule has 4 rings (SSSR count). The third kappa shape index (κ3) is 8.32. The van der Waals surface area contributed by atoms with Crippen LogP contribution in [0.3, 0.4) is 0 Å². The summed E-state index contributed by atoms with van der Waals surface area (Å²) in [6.45, 7) is 5.31. The number of nitrogens with zero attached hydrogens (tertiary/aromatic N) is 10. The number of imidazole rings is 2. The predicted octanol–water partition coefficient (Wildman–Crippen LogP) is -6.01. The zero-order valence-corrected chi connectivity index (χ0v) is 31.0. The highest BCUT2D eigenvalue weighted by Gasteiger charge is 2.20. The number of aromatic nitrogens is 8. The van der Waals surface area contributed by atoms with Gasteiger partial charge in [0.05, 0.1) is 73.6 Å². The molecular formula is C29H48Br2N10O4. The quantitative estimate of drug-likeness (QED) is 0.0933. The maximum absolute atomic E-state index is 12.7. The summed E-state index contributed by atoms with van der Waals surface area (Å²) < 4.78 is 10.6. The van der Waals surface area contributed by atoms with Gasteiger partial charge in [0.2, 0.25) is 0 Å². The van der Waals surface area contributed by atoms with Crippen molar-refractivity contribution in [1.29, 1.82) is 0 Å². The summed E-state index contributed by atoms with van der Waals surface area (Å²) in [4.78, 5) is 58.4. The van der Waals surface area contributed by atoms with Gasteiger partial charge in [-0.25, -0.2) is 19.6 Å². The van der Waals surface area contributed by atoms with Crippen LogP contribution in [0.1, 0.15) is 32.1 Å². The van der Waals surface area contributed by atoms with Gasteiger partial charge >= 0.3 is 11.4 Å². The van der Waals surface area contributed by atoms with E-state index >= 15 is 0 Å².